The molecule has 0 saturated heterocycles. The summed E-state index contributed by atoms with van der Waals surface area (Å²) in [7, 11) is 0. The van der Waals surface area contributed by atoms with E-state index in [-0.39, 0.29) is 12.1 Å². The Morgan fingerprint density at radius 2 is 2.00 bits per heavy atom. The maximum Gasteiger partial charge on any atom is 0.330 e. The lowest BCUT2D eigenvalue weighted by atomic mass is 10.2. The van der Waals surface area contributed by atoms with Crippen molar-refractivity contribution in [2.45, 2.75) is 33.4 Å². The van der Waals surface area contributed by atoms with Gasteiger partial charge in [0.25, 0.3) is 0 Å². The van der Waals surface area contributed by atoms with Crippen molar-refractivity contribution < 1.29 is 9.53 Å². The minimum atomic E-state index is -0.274. The summed E-state index contributed by atoms with van der Waals surface area (Å²) < 4.78 is 5.22. The Balaban J connectivity index is 2.23. The molecular weight excluding hydrogens is 226 g/mol. The fourth-order valence-corrected chi connectivity index (χ4v) is 1.53. The molecule has 0 fully saturated rings. The van der Waals surface area contributed by atoms with Crippen LogP contribution in [0.3, 0.4) is 0 Å². The minimum absolute atomic E-state index is 0.128. The Bertz CT molecular complexity index is 394. The number of carbonyl (C=O) groups is 1. The van der Waals surface area contributed by atoms with Crippen molar-refractivity contribution in [2.24, 2.45) is 0 Å². The summed E-state index contributed by atoms with van der Waals surface area (Å²) in [5.74, 6) is -0.274. The smallest absolute Gasteiger partial charge is 0.330 e. The maximum absolute atomic E-state index is 11.4. The fourth-order valence-electron chi connectivity index (χ4n) is 1.53. The van der Waals surface area contributed by atoms with Crippen LogP contribution in [0.4, 0.5) is 0 Å². The molecule has 0 radical (unpaired) electrons. The van der Waals surface area contributed by atoms with Gasteiger partial charge in [0.1, 0.15) is 6.10 Å². The molecule has 0 bridgehead atoms. The Morgan fingerprint density at radius 3 is 2.61 bits per heavy atom. The highest BCUT2D eigenvalue weighted by molar-refractivity contribution is 5.82. The van der Waals surface area contributed by atoms with Gasteiger partial charge in [0.2, 0.25) is 0 Å². The van der Waals surface area contributed by atoms with Gasteiger partial charge in [0.05, 0.1) is 0 Å². The molecule has 0 amide bonds. The maximum atomic E-state index is 11.4. The highest BCUT2D eigenvalue weighted by atomic mass is 16.5. The van der Waals surface area contributed by atoms with Crippen LogP contribution in [0.25, 0.3) is 0 Å². The summed E-state index contributed by atoms with van der Waals surface area (Å²) in [6.45, 7) is 7.07. The standard InChI is InChI=1S/C15H21NO2/c1-12(2)9-15(17)18-13(3)10-16-11-14-7-5-4-6-8-14/h4-9,13,16H,10-11H2,1-3H3. The van der Waals surface area contributed by atoms with E-state index < -0.39 is 0 Å². The molecule has 0 aliphatic heterocycles. The van der Waals surface area contributed by atoms with Crippen molar-refractivity contribution in [3.8, 4) is 0 Å². The van der Waals surface area contributed by atoms with Gasteiger partial charge in [-0.2, -0.15) is 0 Å². The monoisotopic (exact) mass is 247 g/mol. The molecule has 98 valence electrons. The molecule has 0 aliphatic carbocycles. The number of esters is 1. The van der Waals surface area contributed by atoms with E-state index in [2.05, 4.69) is 17.4 Å². The number of nitrogens with one attached hydrogen (secondary N) is 1. The van der Waals surface area contributed by atoms with E-state index >= 15 is 0 Å². The van der Waals surface area contributed by atoms with Crippen LogP contribution in [0, 0.1) is 0 Å². The molecule has 3 heteroatoms. The van der Waals surface area contributed by atoms with Gasteiger partial charge in [-0.15, -0.1) is 0 Å². The summed E-state index contributed by atoms with van der Waals surface area (Å²) in [5, 5.41) is 3.26. The van der Waals surface area contributed by atoms with Crippen LogP contribution in [0.5, 0.6) is 0 Å². The van der Waals surface area contributed by atoms with Gasteiger partial charge < -0.3 is 10.1 Å². The first-order valence-corrected chi connectivity index (χ1v) is 6.18. The predicted octanol–water partition coefficient (Wildman–Crippen LogP) is 2.67. The molecule has 0 saturated carbocycles. The summed E-state index contributed by atoms with van der Waals surface area (Å²) in [6, 6.07) is 10.1. The van der Waals surface area contributed by atoms with Crippen LogP contribution in [-0.4, -0.2) is 18.6 Å². The van der Waals surface area contributed by atoms with Crippen LogP contribution in [0.15, 0.2) is 42.0 Å². The molecule has 18 heavy (non-hydrogen) atoms. The van der Waals surface area contributed by atoms with E-state index in [4.69, 9.17) is 4.74 Å². The summed E-state index contributed by atoms with van der Waals surface area (Å²) in [4.78, 5) is 11.4. The lowest BCUT2D eigenvalue weighted by Crippen LogP contribution is -2.28. The third kappa shape index (κ3) is 6.21. The van der Waals surface area contributed by atoms with Crippen molar-refractivity contribution in [1.29, 1.82) is 0 Å². The number of ether oxygens (including phenoxy) is 1. The van der Waals surface area contributed by atoms with Crippen LogP contribution >= 0.6 is 0 Å². The van der Waals surface area contributed by atoms with Gasteiger partial charge in [-0.1, -0.05) is 35.9 Å². The first kappa shape index (κ1) is 14.5. The average Bonchev–Trinajstić information content (AvgIpc) is 2.29. The third-order valence-electron chi connectivity index (χ3n) is 2.33. The number of benzene rings is 1. The van der Waals surface area contributed by atoms with E-state index in [1.165, 1.54) is 11.6 Å². The predicted molar refractivity (Wildman–Crippen MR) is 73.1 cm³/mol. The average molecular weight is 247 g/mol. The van der Waals surface area contributed by atoms with Crippen LogP contribution in [0.2, 0.25) is 0 Å². The molecule has 0 aliphatic rings. The SMILES string of the molecule is CC(C)=CC(=O)OC(C)CNCc1ccccc1. The van der Waals surface area contributed by atoms with E-state index in [1.54, 1.807) is 0 Å². The van der Waals surface area contributed by atoms with E-state index in [9.17, 15) is 4.79 Å². The molecular formula is C15H21NO2. The second kappa shape index (κ2) is 7.67. The minimum Gasteiger partial charge on any atom is -0.458 e. The zero-order chi connectivity index (χ0) is 13.4. The fraction of sp³-hybridized carbons (Fsp3) is 0.400. The van der Waals surface area contributed by atoms with Crippen LogP contribution < -0.4 is 5.32 Å². The van der Waals surface area contributed by atoms with Crippen molar-refractivity contribution in [3.63, 3.8) is 0 Å². The second-order valence-corrected chi connectivity index (χ2v) is 4.59. The molecule has 1 N–H and O–H groups in total. The molecule has 1 unspecified atom stereocenters. The molecule has 3 nitrogen and oxygen atoms in total. The van der Waals surface area contributed by atoms with Crippen LogP contribution in [0.1, 0.15) is 26.3 Å². The molecule has 1 aromatic rings. The molecule has 0 spiro atoms. The van der Waals surface area contributed by atoms with Crippen molar-refractivity contribution in [2.75, 3.05) is 6.54 Å². The van der Waals surface area contributed by atoms with E-state index in [0.29, 0.717) is 6.54 Å². The third-order valence-corrected chi connectivity index (χ3v) is 2.33. The summed E-state index contributed by atoms with van der Waals surface area (Å²) in [5.41, 5.74) is 2.17. The lowest BCUT2D eigenvalue weighted by molar-refractivity contribution is -0.142. The zero-order valence-electron chi connectivity index (χ0n) is 11.3. The summed E-state index contributed by atoms with van der Waals surface area (Å²) in [6.07, 6.45) is 1.38. The lowest BCUT2D eigenvalue weighted by Gasteiger charge is -2.13. The quantitative estimate of drug-likeness (QED) is 0.620. The largest absolute Gasteiger partial charge is 0.458 e. The van der Waals surface area contributed by atoms with Crippen LogP contribution in [-0.2, 0) is 16.1 Å². The number of carbonyl (C=O) groups excluding carboxylic acids is 1. The normalized spacial score (nSPS) is 11.7. The Hall–Kier alpha value is -1.61. The van der Waals surface area contributed by atoms with E-state index in [0.717, 1.165) is 12.1 Å². The van der Waals surface area contributed by atoms with Gasteiger partial charge in [0.15, 0.2) is 0 Å². The Morgan fingerprint density at radius 1 is 1.33 bits per heavy atom. The van der Waals surface area contributed by atoms with Gasteiger partial charge in [-0.05, 0) is 26.3 Å². The molecule has 1 rings (SSSR count). The number of rotatable bonds is 6. The number of allylic oxidation sites excluding steroid dienone is 1. The van der Waals surface area contributed by atoms with Gasteiger partial charge in [-0.3, -0.25) is 0 Å². The van der Waals surface area contributed by atoms with Gasteiger partial charge in [-0.25, -0.2) is 4.79 Å². The Kier molecular flexibility index (Phi) is 6.15. The second-order valence-electron chi connectivity index (χ2n) is 4.59. The topological polar surface area (TPSA) is 38.3 Å². The first-order valence-electron chi connectivity index (χ1n) is 6.18. The molecule has 0 aromatic heterocycles. The van der Waals surface area contributed by atoms with Crippen molar-refractivity contribution in [3.05, 3.63) is 47.5 Å². The highest BCUT2D eigenvalue weighted by Crippen LogP contribution is 1.99. The number of hydrogen-bond acceptors (Lipinski definition) is 3. The van der Waals surface area contributed by atoms with Crippen molar-refractivity contribution >= 4 is 5.97 Å². The van der Waals surface area contributed by atoms with Crippen molar-refractivity contribution in [1.82, 2.24) is 5.32 Å². The molecule has 1 atom stereocenters. The number of hydrogen-bond donors (Lipinski definition) is 1. The molecule has 0 heterocycles. The highest BCUT2D eigenvalue weighted by Gasteiger charge is 2.06. The molecule has 1 aromatic carbocycles. The summed E-state index contributed by atoms with van der Waals surface area (Å²) >= 11 is 0. The Labute approximate surface area is 109 Å². The van der Waals surface area contributed by atoms with Gasteiger partial charge in [0, 0.05) is 19.2 Å². The zero-order valence-corrected chi connectivity index (χ0v) is 11.3. The van der Waals surface area contributed by atoms with Gasteiger partial charge >= 0.3 is 5.97 Å². The first-order chi connectivity index (χ1) is 8.58. The van der Waals surface area contributed by atoms with E-state index in [1.807, 2.05) is 39.0 Å².